The molecule has 0 saturated carbocycles. The first-order valence-electron chi connectivity index (χ1n) is 5.00. The maximum Gasteiger partial charge on any atom is 0.342 e. The summed E-state index contributed by atoms with van der Waals surface area (Å²) in [6.07, 6.45) is 1.49. The largest absolute Gasteiger partial charge is 0.456 e. The normalized spacial score (nSPS) is 11.0. The molecule has 5 nitrogen and oxygen atoms in total. The van der Waals surface area contributed by atoms with Crippen LogP contribution in [-0.4, -0.2) is 23.6 Å². The Morgan fingerprint density at radius 3 is 2.62 bits per heavy atom. The lowest BCUT2D eigenvalue weighted by Gasteiger charge is -2.20. The third-order valence-electron chi connectivity index (χ3n) is 1.76. The monoisotopic (exact) mass is 223 g/mol. The molecular weight excluding hydrogens is 206 g/mol. The molecule has 0 radical (unpaired) electrons. The van der Waals surface area contributed by atoms with E-state index in [1.165, 1.54) is 6.20 Å². The van der Waals surface area contributed by atoms with Gasteiger partial charge in [-0.15, -0.1) is 0 Å². The number of nitrogens with one attached hydrogen (secondary N) is 1. The average molecular weight is 223 g/mol. The zero-order chi connectivity index (χ0) is 12.3. The summed E-state index contributed by atoms with van der Waals surface area (Å²) in [7, 11) is 1.69. The van der Waals surface area contributed by atoms with Gasteiger partial charge in [0.2, 0.25) is 0 Å². The predicted octanol–water partition coefficient (Wildman–Crippen LogP) is 1.66. The minimum Gasteiger partial charge on any atom is -0.456 e. The number of carbonyl (C=O) groups excluding carboxylic acids is 1. The summed E-state index contributed by atoms with van der Waals surface area (Å²) >= 11 is 0. The van der Waals surface area contributed by atoms with Crippen molar-refractivity contribution in [2.75, 3.05) is 18.1 Å². The fourth-order valence-corrected chi connectivity index (χ4v) is 1.17. The number of rotatable bonds is 2. The Morgan fingerprint density at radius 2 is 2.12 bits per heavy atom. The summed E-state index contributed by atoms with van der Waals surface area (Å²) < 4.78 is 5.25. The number of hydrogen-bond acceptors (Lipinski definition) is 5. The third kappa shape index (κ3) is 3.12. The molecule has 0 spiro atoms. The van der Waals surface area contributed by atoms with Crippen molar-refractivity contribution in [2.24, 2.45) is 0 Å². The third-order valence-corrected chi connectivity index (χ3v) is 1.76. The predicted molar refractivity (Wildman–Crippen MR) is 63.4 cm³/mol. The van der Waals surface area contributed by atoms with E-state index in [4.69, 9.17) is 10.5 Å². The Labute approximate surface area is 95.0 Å². The van der Waals surface area contributed by atoms with Crippen molar-refractivity contribution < 1.29 is 9.53 Å². The Bertz CT molecular complexity index is 397. The van der Waals surface area contributed by atoms with Crippen molar-refractivity contribution in [3.05, 3.63) is 17.8 Å². The van der Waals surface area contributed by atoms with Crippen LogP contribution in [0.25, 0.3) is 0 Å². The van der Waals surface area contributed by atoms with E-state index >= 15 is 0 Å². The van der Waals surface area contributed by atoms with Crippen LogP contribution in [0.15, 0.2) is 12.3 Å². The molecule has 16 heavy (non-hydrogen) atoms. The number of nitrogen functional groups attached to an aromatic ring is 1. The molecule has 0 amide bonds. The molecule has 1 aromatic rings. The van der Waals surface area contributed by atoms with Crippen molar-refractivity contribution in [3.8, 4) is 0 Å². The average Bonchev–Trinajstić information content (AvgIpc) is 2.15. The molecule has 0 unspecified atom stereocenters. The second-order valence-corrected chi connectivity index (χ2v) is 4.42. The highest BCUT2D eigenvalue weighted by molar-refractivity contribution is 5.95. The Hall–Kier alpha value is -1.78. The van der Waals surface area contributed by atoms with E-state index in [1.54, 1.807) is 13.1 Å². The maximum atomic E-state index is 11.8. The SMILES string of the molecule is CNc1ncc(N)cc1C(=O)OC(C)(C)C. The second kappa shape index (κ2) is 4.38. The highest BCUT2D eigenvalue weighted by atomic mass is 16.6. The van der Waals surface area contributed by atoms with Gasteiger partial charge in [-0.05, 0) is 26.8 Å². The van der Waals surface area contributed by atoms with Crippen LogP contribution < -0.4 is 11.1 Å². The fourth-order valence-electron chi connectivity index (χ4n) is 1.17. The summed E-state index contributed by atoms with van der Waals surface area (Å²) in [5.41, 5.74) is 5.83. The van der Waals surface area contributed by atoms with E-state index in [0.717, 1.165) is 0 Å². The van der Waals surface area contributed by atoms with Gasteiger partial charge in [0.1, 0.15) is 17.0 Å². The van der Waals surface area contributed by atoms with Crippen molar-refractivity contribution in [2.45, 2.75) is 26.4 Å². The molecule has 3 N–H and O–H groups in total. The number of nitrogens with zero attached hydrogens (tertiary/aromatic N) is 1. The summed E-state index contributed by atoms with van der Waals surface area (Å²) in [6, 6.07) is 1.55. The van der Waals surface area contributed by atoms with Crippen molar-refractivity contribution in [3.63, 3.8) is 0 Å². The molecule has 0 aliphatic heterocycles. The number of hydrogen-bond donors (Lipinski definition) is 2. The van der Waals surface area contributed by atoms with Gasteiger partial charge in [-0.25, -0.2) is 9.78 Å². The van der Waals surface area contributed by atoms with E-state index in [0.29, 0.717) is 17.1 Å². The molecule has 5 heteroatoms. The Balaban J connectivity index is 3.02. The molecular formula is C11H17N3O2. The van der Waals surface area contributed by atoms with Crippen molar-refractivity contribution in [1.29, 1.82) is 0 Å². The number of anilines is 2. The molecule has 1 aromatic heterocycles. The zero-order valence-corrected chi connectivity index (χ0v) is 10.00. The minimum absolute atomic E-state index is 0.345. The Morgan fingerprint density at radius 1 is 1.50 bits per heavy atom. The molecule has 88 valence electrons. The summed E-state index contributed by atoms with van der Waals surface area (Å²) in [6.45, 7) is 5.43. The van der Waals surface area contributed by atoms with Crippen LogP contribution in [0, 0.1) is 0 Å². The molecule has 0 aliphatic rings. The van der Waals surface area contributed by atoms with Gasteiger partial charge < -0.3 is 15.8 Å². The lowest BCUT2D eigenvalue weighted by molar-refractivity contribution is 0.00704. The van der Waals surface area contributed by atoms with Crippen molar-refractivity contribution >= 4 is 17.5 Å². The van der Waals surface area contributed by atoms with Gasteiger partial charge in [0.05, 0.1) is 11.9 Å². The number of carbonyl (C=O) groups is 1. The number of nitrogens with two attached hydrogens (primary N) is 1. The van der Waals surface area contributed by atoms with Gasteiger partial charge in [-0.2, -0.15) is 0 Å². The first kappa shape index (κ1) is 12.3. The molecule has 0 aromatic carbocycles. The van der Waals surface area contributed by atoms with Gasteiger partial charge >= 0.3 is 5.97 Å². The maximum absolute atomic E-state index is 11.8. The van der Waals surface area contributed by atoms with E-state index < -0.39 is 11.6 Å². The zero-order valence-electron chi connectivity index (χ0n) is 10.00. The van der Waals surface area contributed by atoms with Gasteiger partial charge in [0.25, 0.3) is 0 Å². The van der Waals surface area contributed by atoms with Crippen LogP contribution in [0.3, 0.4) is 0 Å². The van der Waals surface area contributed by atoms with Gasteiger partial charge in [0.15, 0.2) is 0 Å². The minimum atomic E-state index is -0.535. The molecule has 0 fully saturated rings. The highest BCUT2D eigenvalue weighted by Crippen LogP contribution is 2.19. The van der Waals surface area contributed by atoms with Crippen LogP contribution in [0.5, 0.6) is 0 Å². The summed E-state index contributed by atoms with van der Waals surface area (Å²) in [5.74, 6) is 0.0279. The van der Waals surface area contributed by atoms with Crippen LogP contribution in [0.1, 0.15) is 31.1 Å². The Kier molecular flexibility index (Phi) is 3.37. The smallest absolute Gasteiger partial charge is 0.342 e. The summed E-state index contributed by atoms with van der Waals surface area (Å²) in [4.78, 5) is 15.8. The molecule has 0 bridgehead atoms. The van der Waals surface area contributed by atoms with Gasteiger partial charge in [-0.3, -0.25) is 0 Å². The standard InChI is InChI=1S/C11H17N3O2/c1-11(2,3)16-10(15)8-5-7(12)6-14-9(8)13-4/h5-6H,12H2,1-4H3,(H,13,14). The number of esters is 1. The molecule has 0 saturated heterocycles. The quantitative estimate of drug-likeness (QED) is 0.745. The number of pyridine rings is 1. The number of ether oxygens (including phenoxy) is 1. The van der Waals surface area contributed by atoms with Crippen LogP contribution in [0.4, 0.5) is 11.5 Å². The van der Waals surface area contributed by atoms with Crippen molar-refractivity contribution in [1.82, 2.24) is 4.98 Å². The fraction of sp³-hybridized carbons (Fsp3) is 0.455. The summed E-state index contributed by atoms with van der Waals surface area (Å²) in [5, 5.41) is 2.82. The topological polar surface area (TPSA) is 77.2 Å². The number of aromatic nitrogens is 1. The first-order chi connectivity index (χ1) is 7.33. The van der Waals surface area contributed by atoms with Crippen LogP contribution >= 0.6 is 0 Å². The van der Waals surface area contributed by atoms with Gasteiger partial charge in [0, 0.05) is 7.05 Å². The molecule has 1 heterocycles. The second-order valence-electron chi connectivity index (χ2n) is 4.42. The lowest BCUT2D eigenvalue weighted by Crippen LogP contribution is -2.24. The lowest BCUT2D eigenvalue weighted by atomic mass is 10.2. The van der Waals surface area contributed by atoms with E-state index in [2.05, 4.69) is 10.3 Å². The van der Waals surface area contributed by atoms with E-state index in [1.807, 2.05) is 20.8 Å². The first-order valence-corrected chi connectivity index (χ1v) is 5.00. The van der Waals surface area contributed by atoms with Crippen LogP contribution in [-0.2, 0) is 4.74 Å². The molecule has 1 rings (SSSR count). The molecule has 0 atom stereocenters. The van der Waals surface area contributed by atoms with E-state index in [-0.39, 0.29) is 0 Å². The highest BCUT2D eigenvalue weighted by Gasteiger charge is 2.20. The van der Waals surface area contributed by atoms with Gasteiger partial charge in [-0.1, -0.05) is 0 Å². The molecule has 0 aliphatic carbocycles. The van der Waals surface area contributed by atoms with Crippen LogP contribution in [0.2, 0.25) is 0 Å². The van der Waals surface area contributed by atoms with E-state index in [9.17, 15) is 4.79 Å².